The van der Waals surface area contributed by atoms with Crippen LogP contribution in [0.25, 0.3) is 10.4 Å². The summed E-state index contributed by atoms with van der Waals surface area (Å²) in [4.78, 5) is 26.6. The minimum absolute atomic E-state index is 0.00236. The highest BCUT2D eigenvalue weighted by Gasteiger charge is 2.19. The van der Waals surface area contributed by atoms with E-state index in [-0.39, 0.29) is 18.4 Å². The molecule has 33 heavy (non-hydrogen) atoms. The number of nitrogens with zero attached hydrogens (tertiary/aromatic N) is 2. The zero-order chi connectivity index (χ0) is 23.2. The molecule has 168 valence electrons. The van der Waals surface area contributed by atoms with Gasteiger partial charge in [-0.15, -0.1) is 11.3 Å². The predicted molar refractivity (Wildman–Crippen MR) is 128 cm³/mol. The van der Waals surface area contributed by atoms with Crippen molar-refractivity contribution < 1.29 is 19.1 Å². The van der Waals surface area contributed by atoms with Gasteiger partial charge in [0.05, 0.1) is 26.1 Å². The van der Waals surface area contributed by atoms with Gasteiger partial charge < -0.3 is 20.1 Å². The standard InChI is InChI=1S/C24H22N4O4S/c1-31-19-10-8-17(9-11-19)26-22(29)15-28-14-18(13-25-28)27-24(30)23-20(32-2)12-21(33-23)16-6-4-3-5-7-16/h3-14H,15H2,1-2H3,(H,26,29)(H,27,30). The lowest BCUT2D eigenvalue weighted by Crippen LogP contribution is -2.19. The Balaban J connectivity index is 1.39. The van der Waals surface area contributed by atoms with Crippen LogP contribution in [0.2, 0.25) is 0 Å². The fourth-order valence-electron chi connectivity index (χ4n) is 3.15. The molecule has 2 aromatic carbocycles. The van der Waals surface area contributed by atoms with Crippen LogP contribution in [0, 0.1) is 0 Å². The lowest BCUT2D eigenvalue weighted by Gasteiger charge is -2.06. The van der Waals surface area contributed by atoms with Crippen LogP contribution in [0.4, 0.5) is 11.4 Å². The van der Waals surface area contributed by atoms with Crippen molar-refractivity contribution in [3.8, 4) is 21.9 Å². The van der Waals surface area contributed by atoms with E-state index in [1.54, 1.807) is 37.6 Å². The third kappa shape index (κ3) is 5.39. The minimum Gasteiger partial charge on any atom is -0.497 e. The topological polar surface area (TPSA) is 94.5 Å². The Labute approximate surface area is 194 Å². The molecule has 0 bridgehead atoms. The zero-order valence-corrected chi connectivity index (χ0v) is 18.9. The summed E-state index contributed by atoms with van der Waals surface area (Å²) in [5.74, 6) is 0.663. The number of hydrogen-bond acceptors (Lipinski definition) is 6. The number of carbonyl (C=O) groups excluding carboxylic acids is 2. The summed E-state index contributed by atoms with van der Waals surface area (Å²) in [6.45, 7) is 0.00236. The van der Waals surface area contributed by atoms with Crippen LogP contribution in [0.15, 0.2) is 73.1 Å². The Morgan fingerprint density at radius 1 is 0.970 bits per heavy atom. The Morgan fingerprint density at radius 3 is 2.42 bits per heavy atom. The van der Waals surface area contributed by atoms with Gasteiger partial charge in [0.25, 0.3) is 5.91 Å². The van der Waals surface area contributed by atoms with Gasteiger partial charge >= 0.3 is 0 Å². The van der Waals surface area contributed by atoms with Crippen molar-refractivity contribution in [1.29, 1.82) is 0 Å². The molecule has 0 unspecified atom stereocenters. The van der Waals surface area contributed by atoms with Gasteiger partial charge in [-0.3, -0.25) is 14.3 Å². The molecule has 0 saturated carbocycles. The third-order valence-electron chi connectivity index (χ3n) is 4.75. The highest BCUT2D eigenvalue weighted by atomic mass is 32.1. The van der Waals surface area contributed by atoms with Gasteiger partial charge in [0.1, 0.15) is 22.9 Å². The number of methoxy groups -OCH3 is 2. The van der Waals surface area contributed by atoms with E-state index in [2.05, 4.69) is 15.7 Å². The monoisotopic (exact) mass is 462 g/mol. The summed E-state index contributed by atoms with van der Waals surface area (Å²) in [6, 6.07) is 18.7. The predicted octanol–water partition coefficient (Wildman–Crippen LogP) is 4.52. The highest BCUT2D eigenvalue weighted by molar-refractivity contribution is 7.17. The van der Waals surface area contributed by atoms with Gasteiger partial charge in [-0.1, -0.05) is 30.3 Å². The molecule has 0 spiro atoms. The molecular formula is C24H22N4O4S. The Bertz CT molecular complexity index is 1250. The minimum atomic E-state index is -0.304. The molecule has 4 rings (SSSR count). The largest absolute Gasteiger partial charge is 0.497 e. The van der Waals surface area contributed by atoms with Crippen LogP contribution in [0.1, 0.15) is 9.67 Å². The fraction of sp³-hybridized carbons (Fsp3) is 0.125. The molecule has 2 heterocycles. The number of benzene rings is 2. The Morgan fingerprint density at radius 2 is 1.73 bits per heavy atom. The normalized spacial score (nSPS) is 10.5. The van der Waals surface area contributed by atoms with Crippen molar-refractivity contribution in [2.24, 2.45) is 0 Å². The Hall–Kier alpha value is -4.11. The first-order chi connectivity index (χ1) is 16.1. The lowest BCUT2D eigenvalue weighted by molar-refractivity contribution is -0.116. The molecule has 0 radical (unpaired) electrons. The second kappa shape index (κ2) is 10.0. The molecule has 2 N–H and O–H groups in total. The molecule has 0 atom stereocenters. The molecular weight excluding hydrogens is 440 g/mol. The van der Waals surface area contributed by atoms with Gasteiger partial charge in [-0.2, -0.15) is 5.10 Å². The number of thiophene rings is 1. The molecule has 4 aromatic rings. The van der Waals surface area contributed by atoms with E-state index in [1.165, 1.54) is 29.3 Å². The SMILES string of the molecule is COc1ccc(NC(=O)Cn2cc(NC(=O)c3sc(-c4ccccc4)cc3OC)cn2)cc1. The molecule has 2 amide bonds. The molecule has 0 aliphatic heterocycles. The van der Waals surface area contributed by atoms with Crippen LogP contribution < -0.4 is 20.1 Å². The number of carbonyl (C=O) groups is 2. The number of aromatic nitrogens is 2. The van der Waals surface area contributed by atoms with Gasteiger partial charge in [0.15, 0.2) is 0 Å². The van der Waals surface area contributed by atoms with Crippen LogP contribution >= 0.6 is 11.3 Å². The molecule has 0 aliphatic rings. The molecule has 0 aliphatic carbocycles. The smallest absolute Gasteiger partial charge is 0.269 e. The van der Waals surface area contributed by atoms with E-state index in [1.807, 2.05) is 36.4 Å². The molecule has 2 aromatic heterocycles. The average Bonchev–Trinajstić information content (AvgIpc) is 3.47. The number of amides is 2. The number of rotatable bonds is 8. The second-order valence-electron chi connectivity index (χ2n) is 7.03. The second-order valence-corrected chi connectivity index (χ2v) is 8.08. The van der Waals surface area contributed by atoms with Crippen molar-refractivity contribution in [3.63, 3.8) is 0 Å². The summed E-state index contributed by atoms with van der Waals surface area (Å²) in [5, 5.41) is 9.77. The van der Waals surface area contributed by atoms with Crippen LogP contribution in [0.3, 0.4) is 0 Å². The maximum Gasteiger partial charge on any atom is 0.269 e. The first-order valence-corrected chi connectivity index (χ1v) is 10.9. The van der Waals surface area contributed by atoms with Gasteiger partial charge in [0.2, 0.25) is 5.91 Å². The summed E-state index contributed by atoms with van der Waals surface area (Å²) in [6.07, 6.45) is 3.10. The van der Waals surface area contributed by atoms with Crippen molar-refractivity contribution >= 4 is 34.5 Å². The molecule has 0 saturated heterocycles. The quantitative estimate of drug-likeness (QED) is 0.402. The van der Waals surface area contributed by atoms with Gasteiger partial charge in [0, 0.05) is 16.8 Å². The van der Waals surface area contributed by atoms with Gasteiger partial charge in [-0.25, -0.2) is 0 Å². The number of anilines is 2. The number of nitrogens with one attached hydrogen (secondary N) is 2. The molecule has 0 fully saturated rings. The van der Waals surface area contributed by atoms with Crippen LogP contribution in [-0.2, 0) is 11.3 Å². The molecule has 9 heteroatoms. The maximum absolute atomic E-state index is 12.9. The average molecular weight is 463 g/mol. The Kier molecular flexibility index (Phi) is 6.70. The van der Waals surface area contributed by atoms with E-state index in [0.717, 1.165) is 10.4 Å². The van der Waals surface area contributed by atoms with Crippen molar-refractivity contribution in [2.75, 3.05) is 24.9 Å². The van der Waals surface area contributed by atoms with Crippen molar-refractivity contribution in [1.82, 2.24) is 9.78 Å². The highest BCUT2D eigenvalue weighted by Crippen LogP contribution is 2.36. The van der Waals surface area contributed by atoms with Crippen LogP contribution in [0.5, 0.6) is 11.5 Å². The van der Waals surface area contributed by atoms with E-state index < -0.39 is 0 Å². The molecule has 8 nitrogen and oxygen atoms in total. The fourth-order valence-corrected chi connectivity index (χ4v) is 4.18. The summed E-state index contributed by atoms with van der Waals surface area (Å²) in [7, 11) is 3.12. The summed E-state index contributed by atoms with van der Waals surface area (Å²) in [5.41, 5.74) is 2.14. The summed E-state index contributed by atoms with van der Waals surface area (Å²) < 4.78 is 12.0. The third-order valence-corrected chi connectivity index (χ3v) is 5.92. The first-order valence-electron chi connectivity index (χ1n) is 10.1. The van der Waals surface area contributed by atoms with E-state index >= 15 is 0 Å². The van der Waals surface area contributed by atoms with E-state index in [0.29, 0.717) is 27.8 Å². The van der Waals surface area contributed by atoms with Crippen molar-refractivity contribution in [3.05, 3.63) is 77.9 Å². The first kappa shape index (κ1) is 22.1. The maximum atomic E-state index is 12.9. The van der Waals surface area contributed by atoms with Crippen molar-refractivity contribution in [2.45, 2.75) is 6.54 Å². The lowest BCUT2D eigenvalue weighted by atomic mass is 10.2. The summed E-state index contributed by atoms with van der Waals surface area (Å²) >= 11 is 1.35. The van der Waals surface area contributed by atoms with Crippen LogP contribution in [-0.4, -0.2) is 35.8 Å². The van der Waals surface area contributed by atoms with Gasteiger partial charge in [-0.05, 0) is 35.9 Å². The van der Waals surface area contributed by atoms with E-state index in [4.69, 9.17) is 9.47 Å². The zero-order valence-electron chi connectivity index (χ0n) is 18.1. The van der Waals surface area contributed by atoms with E-state index in [9.17, 15) is 9.59 Å². The number of hydrogen-bond donors (Lipinski definition) is 2. The number of ether oxygens (including phenoxy) is 2.